The van der Waals surface area contributed by atoms with Crippen LogP contribution >= 0.6 is 0 Å². The third kappa shape index (κ3) is 5.69. The zero-order chi connectivity index (χ0) is 20.8. The molecule has 7 nitrogen and oxygen atoms in total. The highest BCUT2D eigenvalue weighted by molar-refractivity contribution is 6.00. The quantitative estimate of drug-likeness (QED) is 0.554. The van der Waals surface area contributed by atoms with E-state index in [0.29, 0.717) is 11.5 Å². The smallest absolute Gasteiger partial charge is 0.270 e. The van der Waals surface area contributed by atoms with Crippen molar-refractivity contribution in [2.45, 2.75) is 58.4 Å². The maximum absolute atomic E-state index is 13.1. The van der Waals surface area contributed by atoms with Gasteiger partial charge in [0.2, 0.25) is 0 Å². The lowest BCUT2D eigenvalue weighted by Gasteiger charge is -2.34. The van der Waals surface area contributed by atoms with Gasteiger partial charge in [0.1, 0.15) is 0 Å². The van der Waals surface area contributed by atoms with Gasteiger partial charge in [0.15, 0.2) is 0 Å². The van der Waals surface area contributed by atoms with Crippen LogP contribution in [0, 0.1) is 16.0 Å². The summed E-state index contributed by atoms with van der Waals surface area (Å²) in [7, 11) is 0. The van der Waals surface area contributed by atoms with Crippen LogP contribution in [0.2, 0.25) is 0 Å². The molecular weight excluding hydrogens is 368 g/mol. The minimum Gasteiger partial charge on any atom is -0.371 e. The summed E-state index contributed by atoms with van der Waals surface area (Å²) in [6.45, 7) is 9.33. The molecule has 2 aliphatic rings. The molecule has 160 valence electrons. The molecule has 1 aromatic rings. The summed E-state index contributed by atoms with van der Waals surface area (Å²) < 4.78 is 0. The molecule has 0 spiro atoms. The lowest BCUT2D eigenvalue weighted by Crippen LogP contribution is -2.45. The van der Waals surface area contributed by atoms with Gasteiger partial charge in [-0.1, -0.05) is 20.3 Å². The van der Waals surface area contributed by atoms with E-state index in [1.807, 2.05) is 0 Å². The van der Waals surface area contributed by atoms with Crippen molar-refractivity contribution in [3.63, 3.8) is 0 Å². The number of piperidine rings is 2. The number of anilines is 1. The first-order chi connectivity index (χ1) is 14.0. The summed E-state index contributed by atoms with van der Waals surface area (Å²) in [6, 6.07) is 4.83. The second-order valence-corrected chi connectivity index (χ2v) is 8.57. The molecule has 1 amide bonds. The zero-order valence-corrected chi connectivity index (χ0v) is 17.7. The minimum absolute atomic E-state index is 0.0290. The van der Waals surface area contributed by atoms with Crippen molar-refractivity contribution in [1.82, 2.24) is 10.2 Å². The first-order valence-electron chi connectivity index (χ1n) is 11.0. The number of likely N-dealkylation sites (tertiary alicyclic amines) is 1. The number of rotatable bonds is 7. The van der Waals surface area contributed by atoms with E-state index in [-0.39, 0.29) is 17.6 Å². The molecule has 1 N–H and O–H groups in total. The van der Waals surface area contributed by atoms with Gasteiger partial charge >= 0.3 is 0 Å². The lowest BCUT2D eigenvalue weighted by atomic mass is 9.97. The Morgan fingerprint density at radius 2 is 1.86 bits per heavy atom. The number of nitrogens with one attached hydrogen (secondary N) is 1. The van der Waals surface area contributed by atoms with E-state index in [1.54, 1.807) is 6.07 Å². The van der Waals surface area contributed by atoms with Crippen molar-refractivity contribution in [2.24, 2.45) is 5.92 Å². The van der Waals surface area contributed by atoms with Crippen molar-refractivity contribution < 1.29 is 9.72 Å². The Morgan fingerprint density at radius 3 is 2.48 bits per heavy atom. The van der Waals surface area contributed by atoms with Gasteiger partial charge in [-0.3, -0.25) is 14.9 Å². The van der Waals surface area contributed by atoms with Crippen LogP contribution in [-0.4, -0.2) is 54.5 Å². The number of nitro groups is 1. The molecule has 0 saturated carbocycles. The van der Waals surface area contributed by atoms with Crippen LogP contribution < -0.4 is 10.2 Å². The van der Waals surface area contributed by atoms with Crippen molar-refractivity contribution in [3.05, 3.63) is 33.9 Å². The first-order valence-corrected chi connectivity index (χ1v) is 11.0. The van der Waals surface area contributed by atoms with Gasteiger partial charge in [-0.2, -0.15) is 0 Å². The Morgan fingerprint density at radius 1 is 1.17 bits per heavy atom. The lowest BCUT2D eigenvalue weighted by molar-refractivity contribution is -0.384. The van der Waals surface area contributed by atoms with Crippen LogP contribution in [0.25, 0.3) is 0 Å². The standard InChI is InChI=1S/C22H34N4O3/c1-3-4-11-24-12-9-18(10-13-24)23-22(27)20-16-19(26(28)29)5-6-21(20)25-14-7-17(2)8-15-25/h5-6,16-18H,3-4,7-15H2,1-2H3,(H,23,27). The van der Waals surface area contributed by atoms with Crippen LogP contribution in [0.15, 0.2) is 18.2 Å². The summed E-state index contributed by atoms with van der Waals surface area (Å²) in [5.41, 5.74) is 1.22. The number of carbonyl (C=O) groups excluding carboxylic acids is 1. The Kier molecular flexibility index (Phi) is 7.47. The summed E-state index contributed by atoms with van der Waals surface area (Å²) in [4.78, 5) is 28.6. The third-order valence-corrected chi connectivity index (χ3v) is 6.31. The number of nitrogens with zero attached hydrogens (tertiary/aromatic N) is 3. The fourth-order valence-corrected chi connectivity index (χ4v) is 4.29. The highest BCUT2D eigenvalue weighted by atomic mass is 16.6. The van der Waals surface area contributed by atoms with E-state index < -0.39 is 4.92 Å². The van der Waals surface area contributed by atoms with Crippen LogP contribution in [0.5, 0.6) is 0 Å². The van der Waals surface area contributed by atoms with Gasteiger partial charge in [0, 0.05) is 44.4 Å². The molecule has 0 aromatic heterocycles. The number of nitro benzene ring substituents is 1. The van der Waals surface area contributed by atoms with Crippen molar-refractivity contribution >= 4 is 17.3 Å². The number of carbonyl (C=O) groups is 1. The van der Waals surface area contributed by atoms with Gasteiger partial charge in [0.25, 0.3) is 11.6 Å². The van der Waals surface area contributed by atoms with E-state index in [0.717, 1.165) is 64.1 Å². The molecule has 0 aliphatic carbocycles. The molecule has 7 heteroatoms. The van der Waals surface area contributed by atoms with Crippen LogP contribution in [0.3, 0.4) is 0 Å². The SMILES string of the molecule is CCCCN1CCC(NC(=O)c2cc([N+](=O)[O-])ccc2N2CCC(C)CC2)CC1. The number of hydrogen-bond donors (Lipinski definition) is 1. The Labute approximate surface area is 173 Å². The summed E-state index contributed by atoms with van der Waals surface area (Å²) >= 11 is 0. The molecule has 2 fully saturated rings. The molecule has 1 aromatic carbocycles. The molecule has 0 unspecified atom stereocenters. The highest BCUT2D eigenvalue weighted by Gasteiger charge is 2.26. The molecule has 2 aliphatic heterocycles. The fraction of sp³-hybridized carbons (Fsp3) is 0.682. The average molecular weight is 403 g/mol. The van der Waals surface area contributed by atoms with Gasteiger partial charge in [0.05, 0.1) is 16.2 Å². The predicted molar refractivity (Wildman–Crippen MR) is 116 cm³/mol. The number of unbranched alkanes of at least 4 members (excludes halogenated alkanes) is 1. The van der Waals surface area contributed by atoms with Gasteiger partial charge < -0.3 is 15.1 Å². The van der Waals surface area contributed by atoms with Gasteiger partial charge in [-0.15, -0.1) is 0 Å². The Bertz CT molecular complexity index is 708. The molecule has 29 heavy (non-hydrogen) atoms. The van der Waals surface area contributed by atoms with E-state index in [2.05, 4.69) is 29.0 Å². The highest BCUT2D eigenvalue weighted by Crippen LogP contribution is 2.29. The maximum atomic E-state index is 13.1. The van der Waals surface area contributed by atoms with E-state index in [4.69, 9.17) is 0 Å². The summed E-state index contributed by atoms with van der Waals surface area (Å²) in [5.74, 6) is 0.494. The largest absolute Gasteiger partial charge is 0.371 e. The molecular formula is C22H34N4O3. The second-order valence-electron chi connectivity index (χ2n) is 8.57. The average Bonchev–Trinajstić information content (AvgIpc) is 2.73. The van der Waals surface area contributed by atoms with Crippen LogP contribution in [0.4, 0.5) is 11.4 Å². The summed E-state index contributed by atoms with van der Waals surface area (Å²) in [6.07, 6.45) is 6.43. The van der Waals surface area contributed by atoms with Crippen molar-refractivity contribution in [2.75, 3.05) is 37.6 Å². The maximum Gasteiger partial charge on any atom is 0.270 e. The number of benzene rings is 1. The van der Waals surface area contributed by atoms with E-state index in [9.17, 15) is 14.9 Å². The third-order valence-electron chi connectivity index (χ3n) is 6.31. The number of hydrogen-bond acceptors (Lipinski definition) is 5. The zero-order valence-electron chi connectivity index (χ0n) is 17.7. The molecule has 2 heterocycles. The van der Waals surface area contributed by atoms with Gasteiger partial charge in [-0.05, 0) is 50.6 Å². The summed E-state index contributed by atoms with van der Waals surface area (Å²) in [5, 5.41) is 14.4. The second kappa shape index (κ2) is 10.1. The molecule has 0 radical (unpaired) electrons. The normalized spacial score (nSPS) is 19.3. The molecule has 2 saturated heterocycles. The molecule has 0 bridgehead atoms. The first kappa shape index (κ1) is 21.6. The van der Waals surface area contributed by atoms with E-state index in [1.165, 1.54) is 25.0 Å². The van der Waals surface area contributed by atoms with Crippen LogP contribution in [0.1, 0.15) is 62.7 Å². The molecule has 3 rings (SSSR count). The van der Waals surface area contributed by atoms with E-state index >= 15 is 0 Å². The fourth-order valence-electron chi connectivity index (χ4n) is 4.29. The monoisotopic (exact) mass is 402 g/mol. The Hall–Kier alpha value is -2.15. The Balaban J connectivity index is 1.69. The van der Waals surface area contributed by atoms with Crippen molar-refractivity contribution in [3.8, 4) is 0 Å². The minimum atomic E-state index is -0.426. The topological polar surface area (TPSA) is 78.7 Å². The van der Waals surface area contributed by atoms with Crippen LogP contribution in [-0.2, 0) is 0 Å². The predicted octanol–water partition coefficient (Wildman–Crippen LogP) is 3.83. The van der Waals surface area contributed by atoms with Gasteiger partial charge in [-0.25, -0.2) is 0 Å². The number of non-ortho nitro benzene ring substituents is 1. The van der Waals surface area contributed by atoms with Crippen molar-refractivity contribution in [1.29, 1.82) is 0 Å². The molecule has 0 atom stereocenters. The number of amides is 1.